The van der Waals surface area contributed by atoms with Crippen LogP contribution in [0.4, 0.5) is 11.4 Å². The lowest BCUT2D eigenvalue weighted by Gasteiger charge is -2.35. The van der Waals surface area contributed by atoms with E-state index in [9.17, 15) is 19.2 Å². The van der Waals surface area contributed by atoms with Gasteiger partial charge in [-0.15, -0.1) is 11.8 Å². The van der Waals surface area contributed by atoms with Crippen molar-refractivity contribution in [3.05, 3.63) is 54.1 Å². The van der Waals surface area contributed by atoms with E-state index in [-0.39, 0.29) is 30.9 Å². The Balaban J connectivity index is 1.40. The predicted molar refractivity (Wildman–Crippen MR) is 125 cm³/mol. The zero-order valence-electron chi connectivity index (χ0n) is 18.2. The minimum Gasteiger partial charge on any atom is -0.462 e. The van der Waals surface area contributed by atoms with Crippen LogP contribution >= 0.6 is 11.8 Å². The van der Waals surface area contributed by atoms with Gasteiger partial charge < -0.3 is 20.3 Å². The maximum Gasteiger partial charge on any atom is 0.338 e. The Bertz CT molecular complexity index is 1090. The van der Waals surface area contributed by atoms with Crippen LogP contribution in [0.2, 0.25) is 0 Å². The molecule has 4 rings (SSSR count). The summed E-state index contributed by atoms with van der Waals surface area (Å²) < 4.78 is 5.00. The van der Waals surface area contributed by atoms with E-state index in [4.69, 9.17) is 4.74 Å². The fourth-order valence-electron chi connectivity index (χ4n) is 3.95. The van der Waals surface area contributed by atoms with Gasteiger partial charge in [0.1, 0.15) is 0 Å². The molecule has 0 aromatic heterocycles. The number of thioether (sulfide) groups is 1. The van der Waals surface area contributed by atoms with Gasteiger partial charge in [-0.1, -0.05) is 18.2 Å². The van der Waals surface area contributed by atoms with Gasteiger partial charge in [0.2, 0.25) is 17.7 Å². The number of nitrogens with zero attached hydrogens (tertiary/aromatic N) is 1. The van der Waals surface area contributed by atoms with Gasteiger partial charge in [-0.05, 0) is 50.1 Å². The molecule has 0 saturated carbocycles. The van der Waals surface area contributed by atoms with Gasteiger partial charge in [-0.2, -0.15) is 0 Å². The molecular formula is C24H25N3O5S. The predicted octanol–water partition coefficient (Wildman–Crippen LogP) is 3.15. The number of benzene rings is 2. The highest BCUT2D eigenvalue weighted by molar-refractivity contribution is 8.01. The Kier molecular flexibility index (Phi) is 6.98. The summed E-state index contributed by atoms with van der Waals surface area (Å²) >= 11 is 1.24. The molecule has 0 bridgehead atoms. The lowest BCUT2D eigenvalue weighted by molar-refractivity contribution is -0.136. The number of nitrogens with one attached hydrogen (secondary N) is 2. The lowest BCUT2D eigenvalue weighted by Crippen LogP contribution is -2.50. The molecule has 2 aromatic carbocycles. The Morgan fingerprint density at radius 1 is 1.18 bits per heavy atom. The van der Waals surface area contributed by atoms with Gasteiger partial charge in [0.25, 0.3) is 0 Å². The molecule has 0 radical (unpaired) electrons. The molecule has 2 aliphatic rings. The van der Waals surface area contributed by atoms with Crippen LogP contribution in [-0.4, -0.2) is 53.5 Å². The monoisotopic (exact) mass is 467 g/mol. The first-order chi connectivity index (χ1) is 16.0. The van der Waals surface area contributed by atoms with Crippen molar-refractivity contribution in [2.45, 2.75) is 29.9 Å². The molecular weight excluding hydrogens is 442 g/mol. The molecule has 0 spiro atoms. The summed E-state index contributed by atoms with van der Waals surface area (Å²) in [6, 6.07) is 13.9. The van der Waals surface area contributed by atoms with Gasteiger partial charge in [0.05, 0.1) is 23.8 Å². The van der Waals surface area contributed by atoms with E-state index >= 15 is 0 Å². The van der Waals surface area contributed by atoms with E-state index in [0.29, 0.717) is 36.3 Å². The number of amides is 3. The minimum absolute atomic E-state index is 0.223. The lowest BCUT2D eigenvalue weighted by atomic mass is 9.96. The van der Waals surface area contributed by atoms with Crippen LogP contribution in [0.25, 0.3) is 0 Å². The molecule has 2 heterocycles. The van der Waals surface area contributed by atoms with Gasteiger partial charge in [-0.25, -0.2) is 4.79 Å². The van der Waals surface area contributed by atoms with Crippen LogP contribution in [0.3, 0.4) is 0 Å². The van der Waals surface area contributed by atoms with Crippen molar-refractivity contribution in [3.63, 3.8) is 0 Å². The second-order valence-electron chi connectivity index (χ2n) is 7.90. The SMILES string of the molecule is CCOC(=O)c1cccc(NC(=O)[C@H]2CCCN(C(=O)[C@H]3Sc4ccccc4NC3=O)C2)c1. The van der Waals surface area contributed by atoms with Crippen molar-refractivity contribution < 1.29 is 23.9 Å². The summed E-state index contributed by atoms with van der Waals surface area (Å²) in [4.78, 5) is 53.0. The third-order valence-corrected chi connectivity index (χ3v) is 6.86. The Labute approximate surface area is 196 Å². The van der Waals surface area contributed by atoms with Crippen LogP contribution in [0, 0.1) is 5.92 Å². The number of carbonyl (C=O) groups excluding carboxylic acids is 4. The van der Waals surface area contributed by atoms with Crippen molar-refractivity contribution in [2.75, 3.05) is 30.3 Å². The highest BCUT2D eigenvalue weighted by atomic mass is 32.2. The average molecular weight is 468 g/mol. The fourth-order valence-corrected chi connectivity index (χ4v) is 5.03. The van der Waals surface area contributed by atoms with Crippen molar-refractivity contribution in [1.29, 1.82) is 0 Å². The highest BCUT2D eigenvalue weighted by Gasteiger charge is 2.38. The zero-order chi connectivity index (χ0) is 23.4. The summed E-state index contributed by atoms with van der Waals surface area (Å²) in [6.45, 7) is 2.75. The van der Waals surface area contributed by atoms with Gasteiger partial charge in [-0.3, -0.25) is 14.4 Å². The second-order valence-corrected chi connectivity index (χ2v) is 9.04. The number of para-hydroxylation sites is 1. The molecule has 3 amide bonds. The van der Waals surface area contributed by atoms with Crippen LogP contribution in [-0.2, 0) is 19.1 Å². The summed E-state index contributed by atoms with van der Waals surface area (Å²) in [7, 11) is 0. The standard InChI is InChI=1S/C24H25N3O5S/c1-2-32-24(31)15-7-5-9-17(13-15)25-21(28)16-8-6-12-27(14-16)23(30)20-22(29)26-18-10-3-4-11-19(18)33-20/h3-5,7,9-11,13,16,20H,2,6,8,12,14H2,1H3,(H,25,28)(H,26,29)/t16-,20-/m0/s1. The average Bonchev–Trinajstić information content (AvgIpc) is 2.83. The van der Waals surface area contributed by atoms with E-state index in [0.717, 1.165) is 4.90 Å². The first-order valence-electron chi connectivity index (χ1n) is 10.9. The Morgan fingerprint density at radius 2 is 2.00 bits per heavy atom. The molecule has 0 unspecified atom stereocenters. The number of piperidine rings is 1. The van der Waals surface area contributed by atoms with E-state index in [1.54, 1.807) is 42.2 Å². The molecule has 2 atom stereocenters. The first-order valence-corrected chi connectivity index (χ1v) is 11.8. The molecule has 0 aliphatic carbocycles. The fraction of sp³-hybridized carbons (Fsp3) is 0.333. The van der Waals surface area contributed by atoms with Gasteiger partial charge >= 0.3 is 5.97 Å². The van der Waals surface area contributed by atoms with E-state index in [1.807, 2.05) is 18.2 Å². The molecule has 9 heteroatoms. The summed E-state index contributed by atoms with van der Waals surface area (Å²) in [5.74, 6) is -1.70. The Hall–Kier alpha value is -3.33. The molecule has 172 valence electrons. The highest BCUT2D eigenvalue weighted by Crippen LogP contribution is 2.36. The number of esters is 1. The van der Waals surface area contributed by atoms with E-state index in [2.05, 4.69) is 10.6 Å². The number of fused-ring (bicyclic) bond motifs is 1. The van der Waals surface area contributed by atoms with Crippen molar-refractivity contribution in [3.8, 4) is 0 Å². The summed E-state index contributed by atoms with van der Waals surface area (Å²) in [5.41, 5.74) is 1.56. The van der Waals surface area contributed by atoms with Crippen LogP contribution in [0.1, 0.15) is 30.1 Å². The number of anilines is 2. The molecule has 1 saturated heterocycles. The quantitative estimate of drug-likeness (QED) is 0.517. The molecule has 2 N–H and O–H groups in total. The topological polar surface area (TPSA) is 105 Å². The van der Waals surface area contributed by atoms with Crippen LogP contribution < -0.4 is 10.6 Å². The third-order valence-electron chi connectivity index (χ3n) is 5.60. The van der Waals surface area contributed by atoms with Crippen LogP contribution in [0.15, 0.2) is 53.4 Å². The van der Waals surface area contributed by atoms with Crippen molar-refractivity contribution >= 4 is 46.8 Å². The summed E-state index contributed by atoms with van der Waals surface area (Å²) in [6.07, 6.45) is 1.31. The van der Waals surface area contributed by atoms with E-state index < -0.39 is 17.1 Å². The maximum atomic E-state index is 13.1. The number of hydrogen-bond acceptors (Lipinski definition) is 6. The third kappa shape index (κ3) is 5.19. The number of likely N-dealkylation sites (tertiary alicyclic amines) is 1. The second kappa shape index (κ2) is 10.1. The molecule has 8 nitrogen and oxygen atoms in total. The van der Waals surface area contributed by atoms with Gasteiger partial charge in [0.15, 0.2) is 5.25 Å². The number of carbonyl (C=O) groups is 4. The number of hydrogen-bond donors (Lipinski definition) is 2. The van der Waals surface area contributed by atoms with Crippen molar-refractivity contribution in [1.82, 2.24) is 4.90 Å². The molecule has 33 heavy (non-hydrogen) atoms. The van der Waals surface area contributed by atoms with Gasteiger partial charge in [0, 0.05) is 23.7 Å². The van der Waals surface area contributed by atoms with Crippen LogP contribution in [0.5, 0.6) is 0 Å². The van der Waals surface area contributed by atoms with E-state index in [1.165, 1.54) is 11.8 Å². The first kappa shape index (κ1) is 22.8. The number of rotatable bonds is 5. The normalized spacial score (nSPS) is 19.8. The largest absolute Gasteiger partial charge is 0.462 e. The Morgan fingerprint density at radius 3 is 2.82 bits per heavy atom. The summed E-state index contributed by atoms with van der Waals surface area (Å²) in [5, 5.41) is 4.76. The number of ether oxygens (including phenoxy) is 1. The van der Waals surface area contributed by atoms with Crippen molar-refractivity contribution in [2.24, 2.45) is 5.92 Å². The minimum atomic E-state index is -0.872. The molecule has 2 aliphatic heterocycles. The molecule has 2 aromatic rings. The smallest absolute Gasteiger partial charge is 0.338 e. The maximum absolute atomic E-state index is 13.1. The molecule has 1 fully saturated rings. The zero-order valence-corrected chi connectivity index (χ0v) is 19.0.